The Labute approximate surface area is 118 Å². The molecule has 1 atom stereocenters. The zero-order valence-corrected chi connectivity index (χ0v) is 12.7. The second-order valence-corrected chi connectivity index (χ2v) is 5.19. The normalized spacial score (nSPS) is 12.4. The maximum absolute atomic E-state index is 6.08. The molecule has 0 amide bonds. The molecule has 1 rings (SSSR count). The molecule has 0 spiro atoms. The zero-order chi connectivity index (χ0) is 13.4. The lowest BCUT2D eigenvalue weighted by Gasteiger charge is -2.13. The number of methoxy groups -OCH3 is 1. The molecule has 18 heavy (non-hydrogen) atoms. The van der Waals surface area contributed by atoms with Crippen molar-refractivity contribution in [2.45, 2.75) is 32.2 Å². The Morgan fingerprint density at radius 3 is 2.72 bits per heavy atom. The lowest BCUT2D eigenvalue weighted by Crippen LogP contribution is -2.24. The van der Waals surface area contributed by atoms with Gasteiger partial charge in [0.05, 0.1) is 11.6 Å². The Kier molecular flexibility index (Phi) is 7.32. The van der Waals surface area contributed by atoms with Gasteiger partial charge in [0.1, 0.15) is 5.75 Å². The number of nitrogens with two attached hydrogens (primary N) is 1. The molecule has 0 fully saturated rings. The van der Waals surface area contributed by atoms with Gasteiger partial charge in [-0.1, -0.05) is 13.0 Å². The van der Waals surface area contributed by atoms with Crippen LogP contribution in [0.5, 0.6) is 5.75 Å². The Morgan fingerprint density at radius 2 is 2.11 bits per heavy atom. The highest BCUT2D eigenvalue weighted by atomic mass is 79.9. The summed E-state index contributed by atoms with van der Waals surface area (Å²) in [4.78, 5) is 0. The van der Waals surface area contributed by atoms with E-state index in [0.717, 1.165) is 42.7 Å². The van der Waals surface area contributed by atoms with Gasteiger partial charge in [-0.2, -0.15) is 0 Å². The molecule has 102 valence electrons. The van der Waals surface area contributed by atoms with Gasteiger partial charge in [-0.05, 0) is 52.9 Å². The fourth-order valence-corrected chi connectivity index (χ4v) is 2.31. The van der Waals surface area contributed by atoms with Crippen LogP contribution in [0, 0.1) is 0 Å². The van der Waals surface area contributed by atoms with E-state index < -0.39 is 0 Å². The number of ether oxygens (including phenoxy) is 2. The first-order chi connectivity index (χ1) is 8.67. The molecule has 0 aliphatic carbocycles. The predicted molar refractivity (Wildman–Crippen MR) is 78.1 cm³/mol. The van der Waals surface area contributed by atoms with Crippen LogP contribution in [-0.4, -0.2) is 26.4 Å². The number of hydrogen-bond donors (Lipinski definition) is 1. The molecule has 0 aliphatic rings. The van der Waals surface area contributed by atoms with E-state index in [4.69, 9.17) is 15.2 Å². The fourth-order valence-electron chi connectivity index (χ4n) is 1.72. The molecular weight excluding hydrogens is 294 g/mol. The van der Waals surface area contributed by atoms with Crippen LogP contribution >= 0.6 is 15.9 Å². The molecule has 2 N–H and O–H groups in total. The molecule has 1 unspecified atom stereocenters. The molecule has 0 heterocycles. The van der Waals surface area contributed by atoms with Crippen LogP contribution in [0.4, 0.5) is 0 Å². The lowest BCUT2D eigenvalue weighted by molar-refractivity contribution is 0.127. The molecule has 3 nitrogen and oxygen atoms in total. The molecule has 0 saturated carbocycles. The van der Waals surface area contributed by atoms with Crippen molar-refractivity contribution in [2.75, 3.05) is 20.3 Å². The topological polar surface area (TPSA) is 44.5 Å². The third kappa shape index (κ3) is 5.38. The number of hydrogen-bond acceptors (Lipinski definition) is 3. The highest BCUT2D eigenvalue weighted by Crippen LogP contribution is 2.26. The van der Waals surface area contributed by atoms with Crippen LogP contribution in [0.25, 0.3) is 0 Å². The Bertz CT molecular complexity index is 358. The van der Waals surface area contributed by atoms with Crippen molar-refractivity contribution in [1.82, 2.24) is 0 Å². The third-order valence-corrected chi connectivity index (χ3v) is 3.32. The van der Waals surface area contributed by atoms with Crippen LogP contribution < -0.4 is 10.5 Å². The average Bonchev–Trinajstić information content (AvgIpc) is 2.35. The van der Waals surface area contributed by atoms with Crippen molar-refractivity contribution in [3.8, 4) is 5.75 Å². The van der Waals surface area contributed by atoms with Gasteiger partial charge in [0.15, 0.2) is 0 Å². The van der Waals surface area contributed by atoms with E-state index in [1.807, 2.05) is 6.07 Å². The van der Waals surface area contributed by atoms with Crippen molar-refractivity contribution in [3.05, 3.63) is 28.2 Å². The summed E-state index contributed by atoms with van der Waals surface area (Å²) in [5.41, 5.74) is 7.30. The molecule has 0 aromatic heterocycles. The molecular formula is C14H22BrNO2. The Morgan fingerprint density at radius 1 is 1.33 bits per heavy atom. The quantitative estimate of drug-likeness (QED) is 0.749. The van der Waals surface area contributed by atoms with Crippen LogP contribution in [0.1, 0.15) is 25.3 Å². The number of halogens is 1. The standard InChI is InChI=1S/C14H22BrNO2/c1-3-7-18-8-6-12(16)9-11-4-5-14(17-2)13(15)10-11/h4-5,10,12H,3,6-9,16H2,1-2H3. The van der Waals surface area contributed by atoms with Crippen LogP contribution in [-0.2, 0) is 11.2 Å². The van der Waals surface area contributed by atoms with Gasteiger partial charge < -0.3 is 15.2 Å². The first kappa shape index (κ1) is 15.5. The van der Waals surface area contributed by atoms with E-state index in [1.54, 1.807) is 7.11 Å². The van der Waals surface area contributed by atoms with E-state index in [1.165, 1.54) is 5.56 Å². The lowest BCUT2D eigenvalue weighted by atomic mass is 10.0. The SMILES string of the molecule is CCCOCCC(N)Cc1ccc(OC)c(Br)c1. The minimum absolute atomic E-state index is 0.141. The highest BCUT2D eigenvalue weighted by Gasteiger charge is 2.06. The second kappa shape index (κ2) is 8.51. The molecule has 1 aromatic carbocycles. The first-order valence-corrected chi connectivity index (χ1v) is 7.12. The summed E-state index contributed by atoms with van der Waals surface area (Å²) >= 11 is 3.48. The van der Waals surface area contributed by atoms with Crippen molar-refractivity contribution in [3.63, 3.8) is 0 Å². The van der Waals surface area contributed by atoms with Gasteiger partial charge >= 0.3 is 0 Å². The number of rotatable bonds is 8. The van der Waals surface area contributed by atoms with Crippen molar-refractivity contribution < 1.29 is 9.47 Å². The molecule has 0 saturated heterocycles. The summed E-state index contributed by atoms with van der Waals surface area (Å²) in [7, 11) is 1.66. The molecule has 0 radical (unpaired) electrons. The Hall–Kier alpha value is -0.580. The van der Waals surface area contributed by atoms with Crippen LogP contribution in [0.2, 0.25) is 0 Å². The monoisotopic (exact) mass is 315 g/mol. The highest BCUT2D eigenvalue weighted by molar-refractivity contribution is 9.10. The molecule has 1 aromatic rings. The van der Waals surface area contributed by atoms with E-state index in [-0.39, 0.29) is 6.04 Å². The summed E-state index contributed by atoms with van der Waals surface area (Å²) in [6, 6.07) is 6.21. The van der Waals surface area contributed by atoms with Gasteiger partial charge in [-0.15, -0.1) is 0 Å². The summed E-state index contributed by atoms with van der Waals surface area (Å²) in [5, 5.41) is 0. The van der Waals surface area contributed by atoms with E-state index >= 15 is 0 Å². The van der Waals surface area contributed by atoms with Gasteiger partial charge in [0.2, 0.25) is 0 Å². The number of benzene rings is 1. The van der Waals surface area contributed by atoms with Gasteiger partial charge in [-0.3, -0.25) is 0 Å². The molecule has 4 heteroatoms. The maximum Gasteiger partial charge on any atom is 0.133 e. The molecule has 0 aliphatic heterocycles. The third-order valence-electron chi connectivity index (χ3n) is 2.70. The summed E-state index contributed by atoms with van der Waals surface area (Å²) in [6.45, 7) is 3.67. The van der Waals surface area contributed by atoms with Crippen LogP contribution in [0.3, 0.4) is 0 Å². The van der Waals surface area contributed by atoms with E-state index in [9.17, 15) is 0 Å². The smallest absolute Gasteiger partial charge is 0.133 e. The average molecular weight is 316 g/mol. The summed E-state index contributed by atoms with van der Waals surface area (Å²) < 4.78 is 11.6. The fraction of sp³-hybridized carbons (Fsp3) is 0.571. The van der Waals surface area contributed by atoms with Crippen molar-refractivity contribution >= 4 is 15.9 Å². The first-order valence-electron chi connectivity index (χ1n) is 6.33. The van der Waals surface area contributed by atoms with Gasteiger partial charge in [0, 0.05) is 19.3 Å². The minimum Gasteiger partial charge on any atom is -0.496 e. The minimum atomic E-state index is 0.141. The van der Waals surface area contributed by atoms with Gasteiger partial charge in [0.25, 0.3) is 0 Å². The van der Waals surface area contributed by atoms with Crippen LogP contribution in [0.15, 0.2) is 22.7 Å². The van der Waals surface area contributed by atoms with E-state index in [0.29, 0.717) is 0 Å². The Balaban J connectivity index is 2.39. The second-order valence-electron chi connectivity index (χ2n) is 4.33. The zero-order valence-electron chi connectivity index (χ0n) is 11.1. The van der Waals surface area contributed by atoms with Crippen molar-refractivity contribution in [1.29, 1.82) is 0 Å². The predicted octanol–water partition coefficient (Wildman–Crippen LogP) is 3.14. The molecule has 0 bridgehead atoms. The largest absolute Gasteiger partial charge is 0.496 e. The van der Waals surface area contributed by atoms with E-state index in [2.05, 4.69) is 35.0 Å². The summed E-state index contributed by atoms with van der Waals surface area (Å²) in [5.74, 6) is 0.846. The van der Waals surface area contributed by atoms with Crippen molar-refractivity contribution in [2.24, 2.45) is 5.73 Å². The maximum atomic E-state index is 6.08. The van der Waals surface area contributed by atoms with Gasteiger partial charge in [-0.25, -0.2) is 0 Å². The summed E-state index contributed by atoms with van der Waals surface area (Å²) in [6.07, 6.45) is 2.81.